The van der Waals surface area contributed by atoms with E-state index in [9.17, 15) is 0 Å². The number of hydrogen-bond donors (Lipinski definition) is 0. The Morgan fingerprint density at radius 3 is 0.471 bits per heavy atom. The second-order valence-electron chi connectivity index (χ2n) is 1.13. The van der Waals surface area contributed by atoms with Crippen LogP contribution in [0, 0.1) is 0 Å². The molecule has 0 aromatic carbocycles. The van der Waals surface area contributed by atoms with Gasteiger partial charge in [-0.1, -0.05) is 0 Å². The summed E-state index contributed by atoms with van der Waals surface area (Å²) >= 11 is -16.9. The predicted molar refractivity (Wildman–Crippen MR) is 11.9 cm³/mol. The van der Waals surface area contributed by atoms with Crippen molar-refractivity contribution in [3.63, 3.8) is 0 Å². The molecule has 0 heterocycles. The molecule has 0 bridgehead atoms. The van der Waals surface area contributed by atoms with Crippen molar-refractivity contribution in [1.82, 2.24) is 0 Å². The quantitative estimate of drug-likeness (QED) is 0.323. The van der Waals surface area contributed by atoms with Crippen LogP contribution < -0.4 is 64.0 Å². The van der Waals surface area contributed by atoms with Gasteiger partial charge in [0.25, 0.3) is 0 Å². The van der Waals surface area contributed by atoms with Gasteiger partial charge in [-0.2, -0.15) is 0 Å². The van der Waals surface area contributed by atoms with Crippen LogP contribution in [0.25, 0.3) is 0 Å². The third-order valence-electron chi connectivity index (χ3n) is 0. The van der Waals surface area contributed by atoms with Crippen LogP contribution in [-0.4, -0.2) is 37.7 Å². The molecule has 96 valence electrons. The van der Waals surface area contributed by atoms with E-state index >= 15 is 0 Å². The molecule has 0 atom stereocenters. The Labute approximate surface area is 171 Å². The number of hydrogen-bond acceptors (Lipinski definition) is 12. The van der Waals surface area contributed by atoms with Crippen LogP contribution in [0.15, 0.2) is 0 Å². The van der Waals surface area contributed by atoms with Gasteiger partial charge in [-0.05, 0) is 0 Å². The average Bonchev–Trinajstić information content (AvgIpc) is 1.41. The molecule has 0 amide bonds. The van der Waals surface area contributed by atoms with E-state index in [1.54, 1.807) is 0 Å². The van der Waals surface area contributed by atoms with E-state index < -0.39 is 38.9 Å². The summed E-state index contributed by atoms with van der Waals surface area (Å²) in [5.74, 6) is 0. The molecule has 17 heavy (non-hydrogen) atoms. The minimum atomic E-state index is -5.62. The molecule has 0 aliphatic carbocycles. The van der Waals surface area contributed by atoms with Crippen LogP contribution in [0.5, 0.6) is 0 Å². The Morgan fingerprint density at radius 1 is 0.471 bits per heavy atom. The van der Waals surface area contributed by atoms with Crippen LogP contribution in [0.4, 0.5) is 0 Å². The first-order valence-corrected chi connectivity index (χ1v) is 7.63. The van der Waals surface area contributed by atoms with Crippen molar-refractivity contribution in [3.05, 3.63) is 0 Å². The second kappa shape index (κ2) is 13.5. The second-order valence-corrected chi connectivity index (χ2v) is 4.68. The SMILES string of the molecule is [Ca+2].[K+].[O]=[Mn](=[O])(=[O])[O-].[O]=[Mn](=[O])(=[O])[O-].[O]=[Mn](=[O])(=[O])[O-]. The molecule has 0 saturated heterocycles. The third-order valence-corrected chi connectivity index (χ3v) is 0. The molecule has 0 fully saturated rings. The Bertz CT molecular complexity index is 485. The van der Waals surface area contributed by atoms with E-state index in [0.717, 1.165) is 0 Å². The molecule has 0 spiro atoms. The van der Waals surface area contributed by atoms with Crippen molar-refractivity contribution in [1.29, 1.82) is 0 Å². The molecule has 12 nitrogen and oxygen atoms in total. The predicted octanol–water partition coefficient (Wildman–Crippen LogP) is -8.02. The topological polar surface area (TPSA) is 223 Å². The maximum atomic E-state index is 8.58. The van der Waals surface area contributed by atoms with Gasteiger partial charge in [0.05, 0.1) is 0 Å². The van der Waals surface area contributed by atoms with Gasteiger partial charge < -0.3 is 0 Å². The van der Waals surface area contributed by atoms with Crippen molar-refractivity contribution in [3.8, 4) is 0 Å². The zero-order valence-corrected chi connectivity index (χ0v) is 16.6. The van der Waals surface area contributed by atoms with Crippen LogP contribution in [-0.2, 0) is 73.4 Å². The van der Waals surface area contributed by atoms with Crippen LogP contribution in [0.2, 0.25) is 0 Å². The summed E-state index contributed by atoms with van der Waals surface area (Å²) in [5, 5.41) is 0. The molecular weight excluding hydrogens is 436 g/mol. The summed E-state index contributed by atoms with van der Waals surface area (Å²) in [6.45, 7) is 0. The molecule has 0 aliphatic heterocycles. The van der Waals surface area contributed by atoms with Crippen LogP contribution in [0.1, 0.15) is 0 Å². The first-order chi connectivity index (χ1) is 6.00. The molecule has 0 radical (unpaired) electrons. The van der Waals surface area contributed by atoms with E-state index in [0.29, 0.717) is 0 Å². The first-order valence-electron chi connectivity index (χ1n) is 1.85. The van der Waals surface area contributed by atoms with E-state index in [2.05, 4.69) is 0 Å². The monoisotopic (exact) mass is 436 g/mol. The van der Waals surface area contributed by atoms with Gasteiger partial charge in [-0.15, -0.1) is 0 Å². The van der Waals surface area contributed by atoms with Gasteiger partial charge in [-0.25, -0.2) is 0 Å². The Kier molecular flexibility index (Phi) is 25.3. The molecule has 0 saturated carbocycles. The van der Waals surface area contributed by atoms with Crippen molar-refractivity contribution < 1.29 is 137 Å². The zero-order valence-electron chi connectivity index (χ0n) is 7.74. The molecule has 0 N–H and O–H groups in total. The van der Waals surface area contributed by atoms with Crippen molar-refractivity contribution >= 4 is 37.7 Å². The summed E-state index contributed by atoms with van der Waals surface area (Å²) in [7, 11) is 0. The average molecular weight is 436 g/mol. The summed E-state index contributed by atoms with van der Waals surface area (Å²) in [6.07, 6.45) is 0. The zero-order chi connectivity index (χ0) is 13.5. The minimum absolute atomic E-state index is 0. The van der Waals surface area contributed by atoms with E-state index in [1.165, 1.54) is 0 Å². The summed E-state index contributed by atoms with van der Waals surface area (Å²) in [5.41, 5.74) is 0. The summed E-state index contributed by atoms with van der Waals surface area (Å²) in [6, 6.07) is 0. The van der Waals surface area contributed by atoms with Gasteiger partial charge in [-0.3, -0.25) is 0 Å². The van der Waals surface area contributed by atoms with Crippen LogP contribution >= 0.6 is 0 Å². The van der Waals surface area contributed by atoms with Crippen molar-refractivity contribution in [2.45, 2.75) is 0 Å². The fourth-order valence-electron chi connectivity index (χ4n) is 0. The Balaban J connectivity index is -0.0000000400. The van der Waals surface area contributed by atoms with Gasteiger partial charge in [0.2, 0.25) is 0 Å². The maximum absolute atomic E-state index is 8.58. The number of rotatable bonds is 0. The van der Waals surface area contributed by atoms with E-state index in [-0.39, 0.29) is 89.1 Å². The third kappa shape index (κ3) is 789. The molecule has 0 aliphatic rings. The van der Waals surface area contributed by atoms with Crippen LogP contribution in [0.3, 0.4) is 0 Å². The summed E-state index contributed by atoms with van der Waals surface area (Å²) in [4.78, 5) is 0. The Morgan fingerprint density at radius 2 is 0.471 bits per heavy atom. The summed E-state index contributed by atoms with van der Waals surface area (Å²) < 4.78 is 103. The van der Waals surface area contributed by atoms with Crippen molar-refractivity contribution in [2.24, 2.45) is 0 Å². The van der Waals surface area contributed by atoms with E-state index in [1.807, 2.05) is 0 Å². The molecule has 0 rings (SSSR count). The molecular formula is CaKMn3O12. The van der Waals surface area contributed by atoms with Gasteiger partial charge >= 0.3 is 175 Å². The molecule has 0 unspecified atom stereocenters. The normalized spacial score (nSPS) is 10.1. The van der Waals surface area contributed by atoms with Crippen molar-refractivity contribution in [2.75, 3.05) is 0 Å². The van der Waals surface area contributed by atoms with Gasteiger partial charge in [0.15, 0.2) is 0 Å². The Hall–Kier alpha value is 2.53. The van der Waals surface area contributed by atoms with E-state index in [4.69, 9.17) is 47.1 Å². The standard InChI is InChI=1S/Ca.K.3Mn.12O/q+2;+1;;;;;;;;;;;;;3*-1. The van der Waals surface area contributed by atoms with Gasteiger partial charge in [0, 0.05) is 0 Å². The molecule has 17 heteroatoms. The first kappa shape index (κ1) is 31.8. The fraction of sp³-hybridized carbons (Fsp3) is 0. The fourth-order valence-corrected chi connectivity index (χ4v) is 0. The molecule has 0 aromatic heterocycles. The molecule has 0 aromatic rings. The van der Waals surface area contributed by atoms with Gasteiger partial charge in [0.1, 0.15) is 0 Å².